The summed E-state index contributed by atoms with van der Waals surface area (Å²) in [6.45, 7) is 4.34. The molecule has 1 atom stereocenters. The van der Waals surface area contributed by atoms with Crippen LogP contribution in [-0.2, 0) is 27.7 Å². The number of benzene rings is 2. The van der Waals surface area contributed by atoms with Crippen molar-refractivity contribution in [3.05, 3.63) is 65.5 Å². The molecule has 0 radical (unpaired) electrons. The lowest BCUT2D eigenvalue weighted by Crippen LogP contribution is -2.51. The van der Waals surface area contributed by atoms with E-state index in [1.165, 1.54) is 13.2 Å². The van der Waals surface area contributed by atoms with Crippen LogP contribution in [-0.4, -0.2) is 86.4 Å². The zero-order valence-electron chi connectivity index (χ0n) is 19.5. The highest BCUT2D eigenvalue weighted by atomic mass is 32.2. The van der Waals surface area contributed by atoms with Gasteiger partial charge in [-0.3, -0.25) is 14.6 Å². The minimum Gasteiger partial charge on any atom is -0.494 e. The van der Waals surface area contributed by atoms with Gasteiger partial charge in [-0.05, 0) is 29.7 Å². The Hall–Kier alpha value is -2.49. The maximum Gasteiger partial charge on any atom is 0.237 e. The standard InChI is InChI=1S/C25H32FN3O4S/c1-33-24-8-7-21(15-23(24)26)16-27-10-12-28(13-11-27)18-25(30)29(17-20-5-3-2-4-6-20)22-9-14-34(31,32)19-22/h2-8,15,22H,9-14,16-19H2,1H3/t22-/m1/s1. The first-order valence-corrected chi connectivity index (χ1v) is 13.5. The molecule has 0 unspecified atom stereocenters. The Morgan fingerprint density at radius 2 is 1.76 bits per heavy atom. The minimum absolute atomic E-state index is 0.0309. The Morgan fingerprint density at radius 1 is 1.06 bits per heavy atom. The summed E-state index contributed by atoms with van der Waals surface area (Å²) in [5.41, 5.74) is 1.89. The second kappa shape index (κ2) is 10.8. The number of ether oxygens (including phenoxy) is 1. The van der Waals surface area contributed by atoms with Crippen molar-refractivity contribution in [3.63, 3.8) is 0 Å². The monoisotopic (exact) mass is 489 g/mol. The summed E-state index contributed by atoms with van der Waals surface area (Å²) in [5.74, 6) is 0.0223. The SMILES string of the molecule is COc1ccc(CN2CCN(CC(=O)N(Cc3ccccc3)[C@@H]3CCS(=O)(=O)C3)CC2)cc1F. The molecule has 0 spiro atoms. The zero-order valence-corrected chi connectivity index (χ0v) is 20.3. The molecule has 2 fully saturated rings. The van der Waals surface area contributed by atoms with Gasteiger partial charge in [-0.2, -0.15) is 0 Å². The normalized spacial score (nSPS) is 20.8. The molecule has 0 N–H and O–H groups in total. The summed E-state index contributed by atoms with van der Waals surface area (Å²) in [4.78, 5) is 19.4. The average Bonchev–Trinajstić information content (AvgIpc) is 3.19. The highest BCUT2D eigenvalue weighted by Gasteiger charge is 2.35. The van der Waals surface area contributed by atoms with Crippen LogP contribution >= 0.6 is 0 Å². The van der Waals surface area contributed by atoms with Crippen molar-refractivity contribution in [2.75, 3.05) is 51.3 Å². The molecule has 2 heterocycles. The first kappa shape index (κ1) is 24.6. The largest absolute Gasteiger partial charge is 0.494 e. The van der Waals surface area contributed by atoms with Crippen LogP contribution in [0.4, 0.5) is 4.39 Å². The molecule has 0 aliphatic carbocycles. The van der Waals surface area contributed by atoms with Gasteiger partial charge in [-0.1, -0.05) is 36.4 Å². The van der Waals surface area contributed by atoms with Crippen molar-refractivity contribution in [1.29, 1.82) is 0 Å². The van der Waals surface area contributed by atoms with Crippen LogP contribution < -0.4 is 4.74 Å². The van der Waals surface area contributed by atoms with Crippen LogP contribution in [0.2, 0.25) is 0 Å². The average molecular weight is 490 g/mol. The van der Waals surface area contributed by atoms with Crippen molar-refractivity contribution >= 4 is 15.7 Å². The van der Waals surface area contributed by atoms with E-state index in [1.807, 2.05) is 36.4 Å². The molecular formula is C25H32FN3O4S. The molecule has 2 aliphatic heterocycles. The van der Waals surface area contributed by atoms with E-state index in [1.54, 1.807) is 11.0 Å². The van der Waals surface area contributed by atoms with Crippen LogP contribution in [0.25, 0.3) is 0 Å². The number of piperazine rings is 1. The number of halogens is 1. The lowest BCUT2D eigenvalue weighted by molar-refractivity contribution is -0.135. The smallest absolute Gasteiger partial charge is 0.237 e. The van der Waals surface area contributed by atoms with Gasteiger partial charge in [0.2, 0.25) is 5.91 Å². The maximum atomic E-state index is 14.0. The summed E-state index contributed by atoms with van der Waals surface area (Å²) in [7, 11) is -1.64. The molecule has 4 rings (SSSR count). The molecule has 2 aliphatic rings. The van der Waals surface area contributed by atoms with Crippen molar-refractivity contribution in [2.45, 2.75) is 25.6 Å². The molecule has 2 saturated heterocycles. The van der Waals surface area contributed by atoms with Crippen molar-refractivity contribution in [1.82, 2.24) is 14.7 Å². The third-order valence-corrected chi connectivity index (χ3v) is 8.36. The van der Waals surface area contributed by atoms with Crippen molar-refractivity contribution in [3.8, 4) is 5.75 Å². The van der Waals surface area contributed by atoms with E-state index in [2.05, 4.69) is 9.80 Å². The Balaban J connectivity index is 1.33. The Bertz CT molecular complexity index is 1090. The van der Waals surface area contributed by atoms with Crippen LogP contribution in [0, 0.1) is 5.82 Å². The van der Waals surface area contributed by atoms with E-state index in [9.17, 15) is 17.6 Å². The Morgan fingerprint density at radius 3 is 2.38 bits per heavy atom. The van der Waals surface area contributed by atoms with Gasteiger partial charge in [0.25, 0.3) is 0 Å². The quantitative estimate of drug-likeness (QED) is 0.566. The van der Waals surface area contributed by atoms with Gasteiger partial charge in [0.15, 0.2) is 21.4 Å². The number of nitrogens with zero attached hydrogens (tertiary/aromatic N) is 3. The Labute approximate surface area is 201 Å². The van der Waals surface area contributed by atoms with Gasteiger partial charge in [-0.25, -0.2) is 12.8 Å². The van der Waals surface area contributed by atoms with E-state index in [0.717, 1.165) is 37.3 Å². The van der Waals surface area contributed by atoms with Crippen LogP contribution in [0.1, 0.15) is 17.5 Å². The Kier molecular flexibility index (Phi) is 7.85. The second-order valence-electron chi connectivity index (χ2n) is 9.09. The molecule has 0 bridgehead atoms. The van der Waals surface area contributed by atoms with Crippen molar-refractivity contribution in [2.24, 2.45) is 0 Å². The fraction of sp³-hybridized carbons (Fsp3) is 0.480. The predicted molar refractivity (Wildman–Crippen MR) is 129 cm³/mol. The molecule has 0 aromatic heterocycles. The molecule has 1 amide bonds. The predicted octanol–water partition coefficient (Wildman–Crippen LogP) is 2.17. The molecule has 7 nitrogen and oxygen atoms in total. The number of hydrogen-bond donors (Lipinski definition) is 0. The topological polar surface area (TPSA) is 70.2 Å². The third-order valence-electron chi connectivity index (χ3n) is 6.61. The molecular weight excluding hydrogens is 457 g/mol. The molecule has 184 valence electrons. The van der Waals surface area contributed by atoms with Crippen LogP contribution in [0.3, 0.4) is 0 Å². The van der Waals surface area contributed by atoms with E-state index in [0.29, 0.717) is 19.5 Å². The summed E-state index contributed by atoms with van der Waals surface area (Å²) in [6, 6.07) is 14.5. The minimum atomic E-state index is -3.09. The zero-order chi connectivity index (χ0) is 24.1. The summed E-state index contributed by atoms with van der Waals surface area (Å²) in [6.07, 6.45) is 0.493. The molecule has 34 heavy (non-hydrogen) atoms. The third kappa shape index (κ3) is 6.34. The summed E-state index contributed by atoms with van der Waals surface area (Å²) in [5, 5.41) is 0. The van der Waals surface area contributed by atoms with E-state index in [-0.39, 0.29) is 41.6 Å². The number of methoxy groups -OCH3 is 1. The summed E-state index contributed by atoms with van der Waals surface area (Å²) < 4.78 is 43.1. The first-order valence-electron chi connectivity index (χ1n) is 11.6. The fourth-order valence-corrected chi connectivity index (χ4v) is 6.41. The number of sulfone groups is 1. The van der Waals surface area contributed by atoms with Gasteiger partial charge < -0.3 is 9.64 Å². The van der Waals surface area contributed by atoms with Gasteiger partial charge in [-0.15, -0.1) is 0 Å². The van der Waals surface area contributed by atoms with E-state index in [4.69, 9.17) is 4.74 Å². The van der Waals surface area contributed by atoms with E-state index < -0.39 is 9.84 Å². The highest BCUT2D eigenvalue weighted by Crippen LogP contribution is 2.22. The van der Waals surface area contributed by atoms with Crippen molar-refractivity contribution < 1.29 is 22.3 Å². The first-order chi connectivity index (χ1) is 16.3. The number of carbonyl (C=O) groups excluding carboxylic acids is 1. The van der Waals surface area contributed by atoms with Gasteiger partial charge >= 0.3 is 0 Å². The number of rotatable bonds is 8. The molecule has 2 aromatic rings. The fourth-order valence-electron chi connectivity index (χ4n) is 4.68. The van der Waals surface area contributed by atoms with Gasteiger partial charge in [0.1, 0.15) is 0 Å². The number of hydrogen-bond acceptors (Lipinski definition) is 6. The highest BCUT2D eigenvalue weighted by molar-refractivity contribution is 7.91. The lowest BCUT2D eigenvalue weighted by Gasteiger charge is -2.36. The van der Waals surface area contributed by atoms with E-state index >= 15 is 0 Å². The van der Waals surface area contributed by atoms with Crippen LogP contribution in [0.5, 0.6) is 5.75 Å². The number of amides is 1. The molecule has 2 aromatic carbocycles. The maximum absolute atomic E-state index is 14.0. The van der Waals surface area contributed by atoms with Crippen LogP contribution in [0.15, 0.2) is 48.5 Å². The van der Waals surface area contributed by atoms with Gasteiger partial charge in [0.05, 0.1) is 25.2 Å². The molecule has 9 heteroatoms. The van der Waals surface area contributed by atoms with Gasteiger partial charge in [0, 0.05) is 45.3 Å². The number of carbonyl (C=O) groups is 1. The lowest BCUT2D eigenvalue weighted by atomic mass is 10.1. The molecule has 0 saturated carbocycles. The summed E-state index contributed by atoms with van der Waals surface area (Å²) >= 11 is 0. The second-order valence-corrected chi connectivity index (χ2v) is 11.3.